The molecule has 1 heterocycles. The van der Waals surface area contributed by atoms with Crippen LogP contribution in [0.2, 0.25) is 0 Å². The number of amides is 1. The van der Waals surface area contributed by atoms with Crippen LogP contribution in [0.3, 0.4) is 0 Å². The fraction of sp³-hybridized carbons (Fsp3) is 0.938. The first-order valence-electron chi connectivity index (χ1n) is 8.37. The Hall–Kier alpha value is -0.660. The lowest BCUT2D eigenvalue weighted by molar-refractivity contribution is 0.0526. The Balaban J connectivity index is 2.22. The van der Waals surface area contributed by atoms with Gasteiger partial charge in [-0.15, -0.1) is 0 Å². The number of methoxy groups -OCH3 is 1. The van der Waals surface area contributed by atoms with Crippen LogP contribution in [-0.4, -0.2) is 59.8 Å². The number of alkyl carbamates (subject to hydrolysis) is 1. The molecule has 0 aliphatic carbocycles. The lowest BCUT2D eigenvalue weighted by atomic mass is 10.1. The summed E-state index contributed by atoms with van der Waals surface area (Å²) in [6.07, 6.45) is 3.33. The van der Waals surface area contributed by atoms with Crippen molar-refractivity contribution in [1.82, 2.24) is 10.6 Å². The van der Waals surface area contributed by atoms with Gasteiger partial charge in [-0.3, -0.25) is 4.21 Å². The average Bonchev–Trinajstić information content (AvgIpc) is 2.44. The van der Waals surface area contributed by atoms with Crippen LogP contribution in [0.1, 0.15) is 46.5 Å². The molecule has 23 heavy (non-hydrogen) atoms. The van der Waals surface area contributed by atoms with Gasteiger partial charge in [0.2, 0.25) is 0 Å². The average molecular weight is 349 g/mol. The third kappa shape index (κ3) is 9.94. The summed E-state index contributed by atoms with van der Waals surface area (Å²) in [4.78, 5) is 11.6. The Kier molecular flexibility index (Phi) is 9.09. The van der Waals surface area contributed by atoms with Crippen molar-refractivity contribution in [3.05, 3.63) is 0 Å². The van der Waals surface area contributed by atoms with Crippen LogP contribution < -0.4 is 10.6 Å². The fourth-order valence-electron chi connectivity index (χ4n) is 2.56. The van der Waals surface area contributed by atoms with E-state index in [1.807, 2.05) is 20.8 Å². The zero-order chi connectivity index (χ0) is 17.3. The van der Waals surface area contributed by atoms with Crippen molar-refractivity contribution < 1.29 is 18.5 Å². The van der Waals surface area contributed by atoms with E-state index in [0.29, 0.717) is 19.2 Å². The van der Waals surface area contributed by atoms with Gasteiger partial charge in [-0.25, -0.2) is 4.79 Å². The van der Waals surface area contributed by atoms with E-state index in [4.69, 9.17) is 9.47 Å². The number of carbonyl (C=O) groups is 1. The SMILES string of the molecule is COCC(CCCNC(=O)OC(C)(C)C)NC1CCS(=O)CC1. The highest BCUT2D eigenvalue weighted by Gasteiger charge is 2.21. The van der Waals surface area contributed by atoms with Gasteiger partial charge >= 0.3 is 6.09 Å². The summed E-state index contributed by atoms with van der Waals surface area (Å²) in [6, 6.07) is 0.684. The van der Waals surface area contributed by atoms with E-state index in [1.165, 1.54) is 0 Å². The Morgan fingerprint density at radius 2 is 1.96 bits per heavy atom. The van der Waals surface area contributed by atoms with Gasteiger partial charge < -0.3 is 20.1 Å². The van der Waals surface area contributed by atoms with Crippen molar-refractivity contribution in [3.8, 4) is 0 Å². The summed E-state index contributed by atoms with van der Waals surface area (Å²) in [7, 11) is 1.07. The monoisotopic (exact) mass is 348 g/mol. The molecule has 0 spiro atoms. The van der Waals surface area contributed by atoms with E-state index in [9.17, 15) is 9.00 Å². The highest BCUT2D eigenvalue weighted by molar-refractivity contribution is 7.85. The molecule has 1 rings (SSSR count). The quantitative estimate of drug-likeness (QED) is 0.654. The third-order valence-corrected chi connectivity index (χ3v) is 5.01. The van der Waals surface area contributed by atoms with Crippen LogP contribution in [0.4, 0.5) is 4.79 Å². The summed E-state index contributed by atoms with van der Waals surface area (Å²) >= 11 is 0. The van der Waals surface area contributed by atoms with Crippen LogP contribution in [0.5, 0.6) is 0 Å². The summed E-state index contributed by atoms with van der Waals surface area (Å²) < 4.78 is 21.9. The molecule has 1 aliphatic rings. The van der Waals surface area contributed by atoms with Gasteiger partial charge in [0, 0.05) is 48.0 Å². The molecule has 0 aromatic heterocycles. The first-order valence-corrected chi connectivity index (χ1v) is 9.86. The smallest absolute Gasteiger partial charge is 0.407 e. The molecular weight excluding hydrogens is 316 g/mol. The minimum Gasteiger partial charge on any atom is -0.444 e. The van der Waals surface area contributed by atoms with E-state index >= 15 is 0 Å². The van der Waals surface area contributed by atoms with Gasteiger partial charge in [-0.2, -0.15) is 0 Å². The van der Waals surface area contributed by atoms with Crippen molar-refractivity contribution in [1.29, 1.82) is 0 Å². The van der Waals surface area contributed by atoms with Crippen LogP contribution in [0, 0.1) is 0 Å². The molecular formula is C16H32N2O4S. The molecule has 2 N–H and O–H groups in total. The van der Waals surface area contributed by atoms with E-state index in [-0.39, 0.29) is 12.1 Å². The zero-order valence-corrected chi connectivity index (χ0v) is 15.7. The highest BCUT2D eigenvalue weighted by Crippen LogP contribution is 2.11. The molecule has 0 aromatic carbocycles. The minimum absolute atomic E-state index is 0.261. The van der Waals surface area contributed by atoms with E-state index in [0.717, 1.165) is 37.2 Å². The molecule has 0 aromatic rings. The fourth-order valence-corrected chi connectivity index (χ4v) is 3.86. The summed E-state index contributed by atoms with van der Waals surface area (Å²) in [6.45, 7) is 6.78. The maximum atomic E-state index is 11.6. The number of hydrogen-bond donors (Lipinski definition) is 2. The van der Waals surface area contributed by atoms with Crippen LogP contribution in [0.25, 0.3) is 0 Å². The summed E-state index contributed by atoms with van der Waals surface area (Å²) in [5.41, 5.74) is -0.467. The third-order valence-electron chi connectivity index (χ3n) is 3.62. The topological polar surface area (TPSA) is 76.7 Å². The lowest BCUT2D eigenvalue weighted by Crippen LogP contribution is -2.44. The van der Waals surface area contributed by atoms with Crippen LogP contribution in [0.15, 0.2) is 0 Å². The molecule has 1 amide bonds. The molecule has 0 saturated carbocycles. The predicted molar refractivity (Wildman–Crippen MR) is 93.2 cm³/mol. The second kappa shape index (κ2) is 10.3. The van der Waals surface area contributed by atoms with Gasteiger partial charge in [0.15, 0.2) is 0 Å². The van der Waals surface area contributed by atoms with Gasteiger partial charge in [-0.1, -0.05) is 0 Å². The normalized spacial score (nSPS) is 23.3. The van der Waals surface area contributed by atoms with Gasteiger partial charge in [0.05, 0.1) is 6.61 Å². The van der Waals surface area contributed by atoms with Crippen LogP contribution >= 0.6 is 0 Å². The van der Waals surface area contributed by atoms with Crippen molar-refractivity contribution in [2.75, 3.05) is 31.8 Å². The number of hydrogen-bond acceptors (Lipinski definition) is 5. The maximum Gasteiger partial charge on any atom is 0.407 e. The Labute approximate surface area is 142 Å². The molecule has 136 valence electrons. The first-order chi connectivity index (χ1) is 10.8. The van der Waals surface area contributed by atoms with Crippen LogP contribution in [-0.2, 0) is 20.3 Å². The second-order valence-electron chi connectivity index (χ2n) is 7.01. The number of rotatable bonds is 8. The van der Waals surface area contributed by atoms with E-state index < -0.39 is 16.4 Å². The molecule has 1 unspecified atom stereocenters. The molecule has 1 fully saturated rings. The first kappa shape index (κ1) is 20.4. The van der Waals surface area contributed by atoms with E-state index in [1.54, 1.807) is 7.11 Å². The summed E-state index contributed by atoms with van der Waals surface area (Å²) in [5.74, 6) is 1.58. The molecule has 1 aliphatic heterocycles. The van der Waals surface area contributed by atoms with E-state index in [2.05, 4.69) is 10.6 Å². The number of ether oxygens (including phenoxy) is 2. The largest absolute Gasteiger partial charge is 0.444 e. The lowest BCUT2D eigenvalue weighted by Gasteiger charge is -2.28. The standard InChI is InChI=1S/C16H32N2O4S/c1-16(2,3)22-15(19)17-9-5-6-14(12-21-4)18-13-7-10-23(20)11-8-13/h13-14,18H,5-12H2,1-4H3,(H,17,19). The van der Waals surface area contributed by atoms with Crippen molar-refractivity contribution in [3.63, 3.8) is 0 Å². The van der Waals surface area contributed by atoms with Gasteiger partial charge in [0.25, 0.3) is 0 Å². The molecule has 7 heteroatoms. The Morgan fingerprint density at radius 1 is 1.30 bits per heavy atom. The molecule has 1 atom stereocenters. The van der Waals surface area contributed by atoms with Crippen molar-refractivity contribution in [2.24, 2.45) is 0 Å². The molecule has 0 bridgehead atoms. The number of carbonyl (C=O) groups excluding carboxylic acids is 1. The Bertz CT molecular complexity index is 375. The van der Waals surface area contributed by atoms with Gasteiger partial charge in [-0.05, 0) is 46.5 Å². The molecule has 1 saturated heterocycles. The summed E-state index contributed by atoms with van der Waals surface area (Å²) in [5, 5.41) is 6.38. The molecule has 6 nitrogen and oxygen atoms in total. The van der Waals surface area contributed by atoms with Gasteiger partial charge in [0.1, 0.15) is 5.60 Å². The second-order valence-corrected chi connectivity index (χ2v) is 8.71. The zero-order valence-electron chi connectivity index (χ0n) is 14.9. The Morgan fingerprint density at radius 3 is 2.52 bits per heavy atom. The molecule has 0 radical (unpaired) electrons. The van der Waals surface area contributed by atoms with Crippen molar-refractivity contribution >= 4 is 16.9 Å². The maximum absolute atomic E-state index is 11.6. The number of nitrogens with one attached hydrogen (secondary N) is 2. The predicted octanol–water partition coefficient (Wildman–Crippen LogP) is 1.81. The highest BCUT2D eigenvalue weighted by atomic mass is 32.2. The van der Waals surface area contributed by atoms with Crippen molar-refractivity contribution in [2.45, 2.75) is 64.1 Å². The minimum atomic E-state index is -0.633.